The van der Waals surface area contributed by atoms with Gasteiger partial charge in [-0.2, -0.15) is 0 Å². The number of nitrogens with one attached hydrogen (secondary N) is 1. The monoisotopic (exact) mass is 277 g/mol. The van der Waals surface area contributed by atoms with Gasteiger partial charge in [-0.05, 0) is 31.4 Å². The Morgan fingerprint density at radius 3 is 2.75 bits per heavy atom. The maximum Gasteiger partial charge on any atom is 0.307 e. The van der Waals surface area contributed by atoms with E-state index in [1.807, 2.05) is 25.1 Å². The summed E-state index contributed by atoms with van der Waals surface area (Å²) in [6.07, 6.45) is 1.12. The molecule has 1 saturated carbocycles. The third-order valence-electron chi connectivity index (χ3n) is 3.57. The summed E-state index contributed by atoms with van der Waals surface area (Å²) in [6, 6.07) is 5.92. The number of benzene rings is 1. The number of methoxy groups -OCH3 is 1. The molecule has 0 radical (unpaired) electrons. The van der Waals surface area contributed by atoms with Crippen molar-refractivity contribution in [3.8, 4) is 5.75 Å². The van der Waals surface area contributed by atoms with Crippen LogP contribution in [-0.4, -0.2) is 30.6 Å². The molecule has 1 aromatic carbocycles. The van der Waals surface area contributed by atoms with Crippen LogP contribution in [0.3, 0.4) is 0 Å². The highest BCUT2D eigenvalue weighted by Crippen LogP contribution is 2.38. The fourth-order valence-corrected chi connectivity index (χ4v) is 2.31. The fourth-order valence-electron chi connectivity index (χ4n) is 2.31. The fraction of sp³-hybridized carbons (Fsp3) is 0.467. The van der Waals surface area contributed by atoms with Gasteiger partial charge in [0.2, 0.25) is 5.91 Å². The quantitative estimate of drug-likeness (QED) is 0.823. The third-order valence-corrected chi connectivity index (χ3v) is 3.57. The zero-order valence-electron chi connectivity index (χ0n) is 11.7. The first-order chi connectivity index (χ1) is 9.52. The summed E-state index contributed by atoms with van der Waals surface area (Å²) in [5, 5.41) is 11.6. The van der Waals surface area contributed by atoms with Crippen molar-refractivity contribution < 1.29 is 19.4 Å². The molecular formula is C15H19NO4. The van der Waals surface area contributed by atoms with Gasteiger partial charge in [0.25, 0.3) is 0 Å². The average molecular weight is 277 g/mol. The van der Waals surface area contributed by atoms with E-state index in [1.165, 1.54) is 0 Å². The number of rotatable bonds is 6. The Hall–Kier alpha value is -2.04. The number of ether oxygens (including phenoxy) is 1. The summed E-state index contributed by atoms with van der Waals surface area (Å²) in [4.78, 5) is 22.4. The lowest BCUT2D eigenvalue weighted by Gasteiger charge is -2.10. The van der Waals surface area contributed by atoms with E-state index in [0.29, 0.717) is 19.4 Å². The predicted molar refractivity (Wildman–Crippen MR) is 73.7 cm³/mol. The molecule has 0 spiro atoms. The van der Waals surface area contributed by atoms with E-state index >= 15 is 0 Å². The van der Waals surface area contributed by atoms with Crippen molar-refractivity contribution in [1.29, 1.82) is 0 Å². The Morgan fingerprint density at radius 2 is 2.15 bits per heavy atom. The molecule has 2 atom stereocenters. The van der Waals surface area contributed by atoms with Crippen molar-refractivity contribution in [2.75, 3.05) is 13.7 Å². The summed E-state index contributed by atoms with van der Waals surface area (Å²) in [5.41, 5.74) is 2.18. The van der Waals surface area contributed by atoms with E-state index in [2.05, 4.69) is 5.32 Å². The van der Waals surface area contributed by atoms with Gasteiger partial charge in [-0.15, -0.1) is 0 Å². The third kappa shape index (κ3) is 3.29. The highest BCUT2D eigenvalue weighted by molar-refractivity contribution is 5.89. The highest BCUT2D eigenvalue weighted by atomic mass is 16.5. The molecular weight excluding hydrogens is 258 g/mol. The molecule has 108 valence electrons. The first kappa shape index (κ1) is 14.4. The number of hydrogen-bond donors (Lipinski definition) is 2. The smallest absolute Gasteiger partial charge is 0.307 e. The van der Waals surface area contributed by atoms with E-state index in [4.69, 9.17) is 9.84 Å². The average Bonchev–Trinajstić information content (AvgIpc) is 3.19. The number of hydrogen-bond acceptors (Lipinski definition) is 3. The Bertz CT molecular complexity index is 527. The highest BCUT2D eigenvalue weighted by Gasteiger charge is 2.48. The maximum absolute atomic E-state index is 11.7. The van der Waals surface area contributed by atoms with Crippen LogP contribution in [0.25, 0.3) is 0 Å². The van der Waals surface area contributed by atoms with E-state index in [-0.39, 0.29) is 11.8 Å². The van der Waals surface area contributed by atoms with Gasteiger partial charge in [-0.3, -0.25) is 9.59 Å². The molecule has 0 saturated heterocycles. The SMILES string of the molecule is COc1ccc(C)cc1CCNC(=O)[C@H]1C[C@@H]1C(=O)O. The van der Waals surface area contributed by atoms with Gasteiger partial charge < -0.3 is 15.2 Å². The van der Waals surface area contributed by atoms with Crippen molar-refractivity contribution in [2.45, 2.75) is 19.8 Å². The van der Waals surface area contributed by atoms with E-state index in [1.54, 1.807) is 7.11 Å². The molecule has 5 heteroatoms. The Morgan fingerprint density at radius 1 is 1.40 bits per heavy atom. The number of aliphatic carboxylic acids is 1. The number of carbonyl (C=O) groups excluding carboxylic acids is 1. The van der Waals surface area contributed by atoms with Crippen molar-refractivity contribution in [1.82, 2.24) is 5.32 Å². The lowest BCUT2D eigenvalue weighted by molar-refractivity contribution is -0.140. The van der Waals surface area contributed by atoms with Crippen molar-refractivity contribution in [2.24, 2.45) is 11.8 Å². The first-order valence-electron chi connectivity index (χ1n) is 6.67. The zero-order valence-corrected chi connectivity index (χ0v) is 11.7. The predicted octanol–water partition coefficient (Wildman–Crippen LogP) is 1.38. The molecule has 20 heavy (non-hydrogen) atoms. The molecule has 0 aliphatic heterocycles. The molecule has 1 aliphatic carbocycles. The molecule has 0 unspecified atom stereocenters. The molecule has 0 aromatic heterocycles. The minimum absolute atomic E-state index is 0.163. The van der Waals surface area contributed by atoms with Crippen molar-refractivity contribution in [3.63, 3.8) is 0 Å². The van der Waals surface area contributed by atoms with Crippen LogP contribution in [0.15, 0.2) is 18.2 Å². The van der Waals surface area contributed by atoms with Crippen LogP contribution < -0.4 is 10.1 Å². The Kier molecular flexibility index (Phi) is 4.27. The first-order valence-corrected chi connectivity index (χ1v) is 6.67. The van der Waals surface area contributed by atoms with Gasteiger partial charge >= 0.3 is 5.97 Å². The van der Waals surface area contributed by atoms with Gasteiger partial charge in [0.1, 0.15) is 5.75 Å². The number of aryl methyl sites for hydroxylation is 1. The van der Waals surface area contributed by atoms with Crippen LogP contribution in [0, 0.1) is 18.8 Å². The molecule has 1 fully saturated rings. The molecule has 1 aromatic rings. The molecule has 2 N–H and O–H groups in total. The normalized spacial score (nSPS) is 20.3. The number of carboxylic acid groups (broad SMARTS) is 1. The topological polar surface area (TPSA) is 75.6 Å². The second-order valence-corrected chi connectivity index (χ2v) is 5.14. The largest absolute Gasteiger partial charge is 0.496 e. The van der Waals surface area contributed by atoms with Crippen LogP contribution in [0.4, 0.5) is 0 Å². The molecule has 1 aliphatic rings. The van der Waals surface area contributed by atoms with Crippen LogP contribution in [0.1, 0.15) is 17.5 Å². The van der Waals surface area contributed by atoms with Crippen LogP contribution >= 0.6 is 0 Å². The van der Waals surface area contributed by atoms with Gasteiger partial charge in [0.05, 0.1) is 18.9 Å². The van der Waals surface area contributed by atoms with Gasteiger partial charge in [-0.1, -0.05) is 17.7 Å². The Labute approximate surface area is 117 Å². The van der Waals surface area contributed by atoms with Crippen LogP contribution in [-0.2, 0) is 16.0 Å². The minimum Gasteiger partial charge on any atom is -0.496 e. The lowest BCUT2D eigenvalue weighted by atomic mass is 10.1. The number of carbonyl (C=O) groups is 2. The second kappa shape index (κ2) is 5.94. The van der Waals surface area contributed by atoms with Crippen LogP contribution in [0.2, 0.25) is 0 Å². The molecule has 1 amide bonds. The minimum atomic E-state index is -0.884. The zero-order chi connectivity index (χ0) is 14.7. The summed E-state index contributed by atoms with van der Waals surface area (Å²) in [6.45, 7) is 2.49. The summed E-state index contributed by atoms with van der Waals surface area (Å²) >= 11 is 0. The van der Waals surface area contributed by atoms with Crippen molar-refractivity contribution in [3.05, 3.63) is 29.3 Å². The second-order valence-electron chi connectivity index (χ2n) is 5.14. The van der Waals surface area contributed by atoms with E-state index < -0.39 is 11.9 Å². The standard InChI is InChI=1S/C15H19NO4/c1-9-3-4-13(20-2)10(7-9)5-6-16-14(17)11-8-12(11)15(18)19/h3-4,7,11-12H,5-6,8H2,1-2H3,(H,16,17)(H,18,19)/t11-,12-/m0/s1. The van der Waals surface area contributed by atoms with Gasteiger partial charge in [-0.25, -0.2) is 0 Å². The van der Waals surface area contributed by atoms with Crippen molar-refractivity contribution >= 4 is 11.9 Å². The number of amides is 1. The molecule has 0 bridgehead atoms. The van der Waals surface area contributed by atoms with E-state index in [9.17, 15) is 9.59 Å². The summed E-state index contributed by atoms with van der Waals surface area (Å²) < 4.78 is 5.28. The lowest BCUT2D eigenvalue weighted by Crippen LogP contribution is -2.28. The maximum atomic E-state index is 11.7. The Balaban J connectivity index is 1.83. The summed E-state index contributed by atoms with van der Waals surface area (Å²) in [7, 11) is 1.62. The van der Waals surface area contributed by atoms with Gasteiger partial charge in [0, 0.05) is 6.54 Å². The van der Waals surface area contributed by atoms with Crippen LogP contribution in [0.5, 0.6) is 5.75 Å². The number of carboxylic acids is 1. The van der Waals surface area contributed by atoms with Gasteiger partial charge in [0.15, 0.2) is 0 Å². The molecule has 2 rings (SSSR count). The summed E-state index contributed by atoms with van der Waals surface area (Å²) in [5.74, 6) is -1.09. The van der Waals surface area contributed by atoms with E-state index in [0.717, 1.165) is 16.9 Å². The molecule has 0 heterocycles. The molecule has 5 nitrogen and oxygen atoms in total.